The number of likely N-dealkylation sites (tertiary alicyclic amines) is 1. The number of rotatable bonds is 5. The molecule has 0 radical (unpaired) electrons. The van der Waals surface area contributed by atoms with E-state index in [9.17, 15) is 14.4 Å². The van der Waals surface area contributed by atoms with E-state index in [4.69, 9.17) is 5.11 Å². The zero-order chi connectivity index (χ0) is 22.9. The monoisotopic (exact) mass is 449 g/mol. The normalized spacial score (nSPS) is 20.3. The van der Waals surface area contributed by atoms with Gasteiger partial charge in [-0.2, -0.15) is 0 Å². The number of piperidine rings is 2. The quantitative estimate of drug-likeness (QED) is 0.515. The largest absolute Gasteiger partial charge is 0.465 e. The molecule has 1 aromatic carbocycles. The van der Waals surface area contributed by atoms with E-state index in [0.717, 1.165) is 60.8 Å². The topological polar surface area (TPSA) is 117 Å². The summed E-state index contributed by atoms with van der Waals surface area (Å²) in [6, 6.07) is 9.85. The Hall–Kier alpha value is -3.46. The van der Waals surface area contributed by atoms with Crippen molar-refractivity contribution in [3.8, 4) is 0 Å². The van der Waals surface area contributed by atoms with E-state index in [1.54, 1.807) is 6.20 Å². The summed E-state index contributed by atoms with van der Waals surface area (Å²) in [6.07, 6.45) is 4.11. The highest BCUT2D eigenvalue weighted by atomic mass is 16.4. The van der Waals surface area contributed by atoms with Gasteiger partial charge in [0, 0.05) is 49.1 Å². The molecule has 172 valence electrons. The number of amides is 3. The van der Waals surface area contributed by atoms with Crippen molar-refractivity contribution >= 4 is 39.8 Å². The first-order valence-electron chi connectivity index (χ1n) is 11.4. The summed E-state index contributed by atoms with van der Waals surface area (Å²) in [5, 5.41) is 16.0. The van der Waals surface area contributed by atoms with Crippen LogP contribution in [0.2, 0.25) is 0 Å². The summed E-state index contributed by atoms with van der Waals surface area (Å²) in [5.41, 5.74) is 2.91. The lowest BCUT2D eigenvalue weighted by atomic mass is 10.0. The highest BCUT2D eigenvalue weighted by Gasteiger charge is 2.31. The number of nitrogens with one attached hydrogen (secondary N) is 2. The number of aromatic nitrogens is 2. The van der Waals surface area contributed by atoms with E-state index < -0.39 is 12.1 Å². The highest BCUT2D eigenvalue weighted by Crippen LogP contribution is 2.34. The summed E-state index contributed by atoms with van der Waals surface area (Å²) >= 11 is 0. The van der Waals surface area contributed by atoms with E-state index in [-0.39, 0.29) is 17.9 Å². The van der Waals surface area contributed by atoms with Crippen LogP contribution in [0.15, 0.2) is 36.5 Å². The van der Waals surface area contributed by atoms with E-state index >= 15 is 0 Å². The number of hydrogen-bond donors (Lipinski definition) is 3. The molecule has 3 N–H and O–H groups in total. The number of benzene rings is 1. The van der Waals surface area contributed by atoms with Gasteiger partial charge in [-0.15, -0.1) is 0 Å². The maximum absolute atomic E-state index is 12.6. The fourth-order valence-corrected chi connectivity index (χ4v) is 5.08. The van der Waals surface area contributed by atoms with E-state index in [0.29, 0.717) is 12.8 Å². The Kier molecular flexibility index (Phi) is 5.72. The molecule has 0 spiro atoms. The number of hydrogen-bond acceptors (Lipinski definition) is 5. The van der Waals surface area contributed by atoms with Crippen LogP contribution in [-0.4, -0.2) is 63.1 Å². The van der Waals surface area contributed by atoms with Crippen molar-refractivity contribution in [2.45, 2.75) is 44.2 Å². The average molecular weight is 450 g/mol. The molecular formula is C24H27N5O4. The van der Waals surface area contributed by atoms with Gasteiger partial charge in [-0.05, 0) is 55.5 Å². The molecule has 5 rings (SSSR count). The average Bonchev–Trinajstić information content (AvgIpc) is 3.12. The zero-order valence-corrected chi connectivity index (χ0v) is 18.3. The Morgan fingerprint density at radius 1 is 1.15 bits per heavy atom. The lowest BCUT2D eigenvalue weighted by Crippen LogP contribution is -2.44. The standard InChI is InChI=1S/C24H27N5O4/c30-21-6-5-20(23(31)27-21)29-19-4-3-15(14-18(19)17-2-1-10-25-22(17)29)7-11-28-12-8-16(9-13-28)26-24(32)33/h1-4,10,14,16,20,26H,5-9,11-13H2,(H,32,33)(H,27,30,31). The third-order valence-electron chi connectivity index (χ3n) is 6.78. The molecule has 2 aliphatic rings. The van der Waals surface area contributed by atoms with Gasteiger partial charge < -0.3 is 19.9 Å². The van der Waals surface area contributed by atoms with Crippen molar-refractivity contribution in [2.24, 2.45) is 0 Å². The second kappa shape index (κ2) is 8.82. The predicted molar refractivity (Wildman–Crippen MR) is 123 cm³/mol. The maximum Gasteiger partial charge on any atom is 0.404 e. The molecule has 33 heavy (non-hydrogen) atoms. The molecular weight excluding hydrogens is 422 g/mol. The molecule has 9 heteroatoms. The summed E-state index contributed by atoms with van der Waals surface area (Å²) in [5.74, 6) is -0.504. The number of carbonyl (C=O) groups excluding carboxylic acids is 2. The molecule has 1 atom stereocenters. The summed E-state index contributed by atoms with van der Waals surface area (Å²) in [6.45, 7) is 2.67. The smallest absolute Gasteiger partial charge is 0.404 e. The van der Waals surface area contributed by atoms with Crippen LogP contribution in [0.1, 0.15) is 37.3 Å². The molecule has 2 saturated heterocycles. The molecule has 0 aliphatic carbocycles. The van der Waals surface area contributed by atoms with E-state index in [1.807, 2.05) is 16.7 Å². The number of pyridine rings is 1. The van der Waals surface area contributed by atoms with Crippen molar-refractivity contribution in [3.63, 3.8) is 0 Å². The van der Waals surface area contributed by atoms with Crippen LogP contribution in [0, 0.1) is 0 Å². The van der Waals surface area contributed by atoms with Crippen LogP contribution in [-0.2, 0) is 16.0 Å². The third kappa shape index (κ3) is 4.28. The maximum atomic E-state index is 12.6. The molecule has 9 nitrogen and oxygen atoms in total. The van der Waals surface area contributed by atoms with Gasteiger partial charge >= 0.3 is 6.09 Å². The minimum Gasteiger partial charge on any atom is -0.465 e. The van der Waals surface area contributed by atoms with Gasteiger partial charge in [-0.3, -0.25) is 14.9 Å². The van der Waals surface area contributed by atoms with Gasteiger partial charge in [0.05, 0.1) is 5.52 Å². The van der Waals surface area contributed by atoms with Gasteiger partial charge in [-0.25, -0.2) is 9.78 Å². The number of carbonyl (C=O) groups is 3. The van der Waals surface area contributed by atoms with Gasteiger partial charge in [0.1, 0.15) is 11.7 Å². The van der Waals surface area contributed by atoms with Crippen LogP contribution < -0.4 is 10.6 Å². The first-order chi connectivity index (χ1) is 16.0. The molecule has 0 saturated carbocycles. The Balaban J connectivity index is 1.37. The summed E-state index contributed by atoms with van der Waals surface area (Å²) in [7, 11) is 0. The Labute approximate surface area is 190 Å². The first kappa shape index (κ1) is 21.4. The summed E-state index contributed by atoms with van der Waals surface area (Å²) in [4.78, 5) is 42.0. The minimum atomic E-state index is -0.951. The molecule has 4 heterocycles. The van der Waals surface area contributed by atoms with Gasteiger partial charge in [0.2, 0.25) is 11.8 Å². The lowest BCUT2D eigenvalue weighted by molar-refractivity contribution is -0.135. The Morgan fingerprint density at radius 3 is 2.73 bits per heavy atom. The molecule has 3 aromatic rings. The molecule has 3 amide bonds. The number of fused-ring (bicyclic) bond motifs is 3. The predicted octanol–water partition coefficient (Wildman–Crippen LogP) is 2.44. The highest BCUT2D eigenvalue weighted by molar-refractivity contribution is 6.09. The summed E-state index contributed by atoms with van der Waals surface area (Å²) < 4.78 is 1.97. The van der Waals surface area contributed by atoms with Crippen molar-refractivity contribution in [1.29, 1.82) is 0 Å². The van der Waals surface area contributed by atoms with Crippen LogP contribution >= 0.6 is 0 Å². The molecule has 2 aliphatic heterocycles. The van der Waals surface area contributed by atoms with E-state index in [2.05, 4.69) is 38.7 Å². The van der Waals surface area contributed by atoms with Crippen LogP contribution in [0.5, 0.6) is 0 Å². The Bertz CT molecular complexity index is 1230. The number of carboxylic acid groups (broad SMARTS) is 1. The van der Waals surface area contributed by atoms with Crippen LogP contribution in [0.4, 0.5) is 4.79 Å². The third-order valence-corrected chi connectivity index (χ3v) is 6.78. The number of imide groups is 1. The van der Waals surface area contributed by atoms with Gasteiger partial charge in [0.25, 0.3) is 0 Å². The lowest BCUT2D eigenvalue weighted by Gasteiger charge is -2.31. The second-order valence-corrected chi connectivity index (χ2v) is 8.88. The molecule has 2 fully saturated rings. The minimum absolute atomic E-state index is 0.0426. The molecule has 0 bridgehead atoms. The molecule has 1 unspecified atom stereocenters. The van der Waals surface area contributed by atoms with E-state index in [1.165, 1.54) is 5.56 Å². The SMILES string of the molecule is O=C(O)NC1CCN(CCc2ccc3c(c2)c2cccnc2n3C2CCC(=O)NC2=O)CC1. The van der Waals surface area contributed by atoms with Crippen molar-refractivity contribution in [2.75, 3.05) is 19.6 Å². The second-order valence-electron chi connectivity index (χ2n) is 8.88. The van der Waals surface area contributed by atoms with Crippen LogP contribution in [0.3, 0.4) is 0 Å². The first-order valence-corrected chi connectivity index (χ1v) is 11.4. The van der Waals surface area contributed by atoms with Gasteiger partial charge in [0.15, 0.2) is 0 Å². The zero-order valence-electron chi connectivity index (χ0n) is 18.3. The van der Waals surface area contributed by atoms with Gasteiger partial charge in [-0.1, -0.05) is 6.07 Å². The Morgan fingerprint density at radius 2 is 1.97 bits per heavy atom. The fraction of sp³-hybridized carbons (Fsp3) is 0.417. The van der Waals surface area contributed by atoms with Crippen LogP contribution in [0.25, 0.3) is 21.9 Å². The van der Waals surface area contributed by atoms with Crippen molar-refractivity contribution in [3.05, 3.63) is 42.1 Å². The van der Waals surface area contributed by atoms with Crippen molar-refractivity contribution < 1.29 is 19.5 Å². The molecule has 2 aromatic heterocycles. The fourth-order valence-electron chi connectivity index (χ4n) is 5.08. The number of nitrogens with zero attached hydrogens (tertiary/aromatic N) is 3. The van der Waals surface area contributed by atoms with Crippen molar-refractivity contribution in [1.82, 2.24) is 25.1 Å².